The van der Waals surface area contributed by atoms with Gasteiger partial charge < -0.3 is 5.32 Å². The van der Waals surface area contributed by atoms with Crippen LogP contribution in [0.15, 0.2) is 24.3 Å². The van der Waals surface area contributed by atoms with Crippen LogP contribution in [0.2, 0.25) is 5.02 Å². The molecule has 3 heterocycles. The third-order valence-electron chi connectivity index (χ3n) is 5.97. The Morgan fingerprint density at radius 3 is 2.85 bits per heavy atom. The van der Waals surface area contributed by atoms with E-state index in [-0.39, 0.29) is 0 Å². The van der Waals surface area contributed by atoms with Crippen LogP contribution >= 0.6 is 11.6 Å². The van der Waals surface area contributed by atoms with Crippen molar-refractivity contribution in [2.75, 3.05) is 26.2 Å². The molecule has 0 aliphatic carbocycles. The SMILES string of the molecule is Clc1ccc(C2CNCCC23CCN2CCCC23)cc1. The molecule has 2 nitrogen and oxygen atoms in total. The normalized spacial score (nSPS) is 37.5. The van der Waals surface area contributed by atoms with E-state index in [1.807, 2.05) is 0 Å². The lowest BCUT2D eigenvalue weighted by atomic mass is 9.63. The highest BCUT2D eigenvalue weighted by Crippen LogP contribution is 2.54. The number of fused-ring (bicyclic) bond motifs is 2. The minimum Gasteiger partial charge on any atom is -0.316 e. The topological polar surface area (TPSA) is 15.3 Å². The molecule has 0 saturated carbocycles. The summed E-state index contributed by atoms with van der Waals surface area (Å²) in [6.45, 7) is 4.96. The Morgan fingerprint density at radius 1 is 1.15 bits per heavy atom. The molecule has 1 spiro atoms. The minimum absolute atomic E-state index is 0.510. The van der Waals surface area contributed by atoms with Crippen molar-refractivity contribution in [2.45, 2.75) is 37.6 Å². The van der Waals surface area contributed by atoms with Gasteiger partial charge in [0.2, 0.25) is 0 Å². The monoisotopic (exact) mass is 290 g/mol. The molecule has 3 saturated heterocycles. The van der Waals surface area contributed by atoms with E-state index in [2.05, 4.69) is 34.5 Å². The quantitative estimate of drug-likeness (QED) is 0.854. The number of nitrogens with one attached hydrogen (secondary N) is 1. The molecular formula is C17H23ClN2. The maximum absolute atomic E-state index is 6.07. The van der Waals surface area contributed by atoms with Gasteiger partial charge in [-0.3, -0.25) is 4.90 Å². The summed E-state index contributed by atoms with van der Waals surface area (Å²) >= 11 is 6.07. The Kier molecular flexibility index (Phi) is 3.29. The standard InChI is InChI=1S/C17H23ClN2/c18-14-5-3-13(4-6-14)15-12-19-9-7-17(15)8-11-20-10-1-2-16(17)20/h3-6,15-16,19H,1-2,7-12H2. The first-order valence-electron chi connectivity index (χ1n) is 8.00. The fourth-order valence-electron chi connectivity index (χ4n) is 5.05. The van der Waals surface area contributed by atoms with Crippen molar-refractivity contribution in [3.8, 4) is 0 Å². The van der Waals surface area contributed by atoms with Gasteiger partial charge in [0.05, 0.1) is 0 Å². The van der Waals surface area contributed by atoms with E-state index >= 15 is 0 Å². The van der Waals surface area contributed by atoms with E-state index in [1.165, 1.54) is 50.9 Å². The number of hydrogen-bond acceptors (Lipinski definition) is 2. The Hall–Kier alpha value is -0.570. The number of halogens is 1. The summed E-state index contributed by atoms with van der Waals surface area (Å²) in [5.74, 6) is 0.654. The molecule has 1 N–H and O–H groups in total. The second-order valence-corrected chi connectivity index (χ2v) is 7.17. The van der Waals surface area contributed by atoms with Crippen LogP contribution in [0, 0.1) is 5.41 Å². The van der Waals surface area contributed by atoms with Gasteiger partial charge in [-0.25, -0.2) is 0 Å². The fourth-order valence-corrected chi connectivity index (χ4v) is 5.18. The molecule has 3 heteroatoms. The van der Waals surface area contributed by atoms with Gasteiger partial charge >= 0.3 is 0 Å². The molecule has 1 aromatic rings. The van der Waals surface area contributed by atoms with Crippen molar-refractivity contribution in [3.05, 3.63) is 34.9 Å². The van der Waals surface area contributed by atoms with Gasteiger partial charge in [0.15, 0.2) is 0 Å². The van der Waals surface area contributed by atoms with Gasteiger partial charge in [0, 0.05) is 23.5 Å². The first-order chi connectivity index (χ1) is 9.79. The summed E-state index contributed by atoms with van der Waals surface area (Å²) in [7, 11) is 0. The van der Waals surface area contributed by atoms with E-state index in [1.54, 1.807) is 0 Å². The molecule has 0 radical (unpaired) electrons. The Balaban J connectivity index is 1.71. The number of benzene rings is 1. The summed E-state index contributed by atoms with van der Waals surface area (Å²) < 4.78 is 0. The third kappa shape index (κ3) is 1.93. The molecule has 4 rings (SSSR count). The Labute approximate surface area is 126 Å². The lowest BCUT2D eigenvalue weighted by Crippen LogP contribution is -2.49. The van der Waals surface area contributed by atoms with Crippen molar-refractivity contribution < 1.29 is 0 Å². The average Bonchev–Trinajstić information content (AvgIpc) is 3.06. The molecule has 3 fully saturated rings. The summed E-state index contributed by atoms with van der Waals surface area (Å²) in [6, 6.07) is 9.44. The highest BCUT2D eigenvalue weighted by Gasteiger charge is 2.54. The molecule has 108 valence electrons. The predicted octanol–water partition coefficient (Wildman–Crippen LogP) is 3.27. The van der Waals surface area contributed by atoms with Gasteiger partial charge in [0.25, 0.3) is 0 Å². The van der Waals surface area contributed by atoms with E-state index < -0.39 is 0 Å². The molecule has 3 aliphatic rings. The van der Waals surface area contributed by atoms with Crippen molar-refractivity contribution in [1.29, 1.82) is 0 Å². The van der Waals surface area contributed by atoms with Crippen LogP contribution < -0.4 is 5.32 Å². The first kappa shape index (κ1) is 13.1. The van der Waals surface area contributed by atoms with Gasteiger partial charge in [-0.05, 0) is 68.4 Å². The molecule has 0 amide bonds. The average molecular weight is 291 g/mol. The number of nitrogens with zero attached hydrogens (tertiary/aromatic N) is 1. The van der Waals surface area contributed by atoms with Crippen LogP contribution in [0.1, 0.15) is 37.2 Å². The highest BCUT2D eigenvalue weighted by atomic mass is 35.5. The second kappa shape index (κ2) is 5.01. The van der Waals surface area contributed by atoms with Crippen LogP contribution in [0.25, 0.3) is 0 Å². The van der Waals surface area contributed by atoms with Gasteiger partial charge in [0.1, 0.15) is 0 Å². The number of rotatable bonds is 1. The molecular weight excluding hydrogens is 268 g/mol. The summed E-state index contributed by atoms with van der Waals surface area (Å²) in [4.78, 5) is 2.76. The van der Waals surface area contributed by atoms with Crippen LogP contribution in [-0.4, -0.2) is 37.1 Å². The highest BCUT2D eigenvalue weighted by molar-refractivity contribution is 6.30. The predicted molar refractivity (Wildman–Crippen MR) is 83.3 cm³/mol. The molecule has 20 heavy (non-hydrogen) atoms. The van der Waals surface area contributed by atoms with Crippen molar-refractivity contribution >= 4 is 11.6 Å². The molecule has 3 unspecified atom stereocenters. The van der Waals surface area contributed by atoms with Crippen LogP contribution in [0.3, 0.4) is 0 Å². The Bertz CT molecular complexity index is 482. The second-order valence-electron chi connectivity index (χ2n) is 6.74. The zero-order chi connectivity index (χ0) is 13.6. The lowest BCUT2D eigenvalue weighted by molar-refractivity contribution is 0.112. The Morgan fingerprint density at radius 2 is 2.00 bits per heavy atom. The number of hydrogen-bond donors (Lipinski definition) is 1. The fraction of sp³-hybridized carbons (Fsp3) is 0.647. The molecule has 3 aliphatic heterocycles. The lowest BCUT2D eigenvalue weighted by Gasteiger charge is -2.46. The molecule has 3 atom stereocenters. The first-order valence-corrected chi connectivity index (χ1v) is 8.38. The number of piperidine rings is 1. The van der Waals surface area contributed by atoms with Gasteiger partial charge in [-0.2, -0.15) is 0 Å². The minimum atomic E-state index is 0.510. The van der Waals surface area contributed by atoms with Crippen LogP contribution in [0.5, 0.6) is 0 Å². The molecule has 0 bridgehead atoms. The zero-order valence-corrected chi connectivity index (χ0v) is 12.7. The van der Waals surface area contributed by atoms with Crippen LogP contribution in [0.4, 0.5) is 0 Å². The molecule has 1 aromatic carbocycles. The van der Waals surface area contributed by atoms with Crippen molar-refractivity contribution in [3.63, 3.8) is 0 Å². The molecule has 0 aromatic heterocycles. The van der Waals surface area contributed by atoms with Gasteiger partial charge in [-0.15, -0.1) is 0 Å². The summed E-state index contributed by atoms with van der Waals surface area (Å²) in [5.41, 5.74) is 1.99. The van der Waals surface area contributed by atoms with E-state index in [0.717, 1.165) is 17.6 Å². The summed E-state index contributed by atoms with van der Waals surface area (Å²) in [5, 5.41) is 4.48. The van der Waals surface area contributed by atoms with Crippen LogP contribution in [-0.2, 0) is 0 Å². The van der Waals surface area contributed by atoms with E-state index in [0.29, 0.717) is 11.3 Å². The zero-order valence-electron chi connectivity index (χ0n) is 11.9. The summed E-state index contributed by atoms with van der Waals surface area (Å²) in [6.07, 6.45) is 5.52. The van der Waals surface area contributed by atoms with Crippen molar-refractivity contribution in [2.24, 2.45) is 5.41 Å². The van der Waals surface area contributed by atoms with E-state index in [9.17, 15) is 0 Å². The smallest absolute Gasteiger partial charge is 0.0406 e. The van der Waals surface area contributed by atoms with E-state index in [4.69, 9.17) is 11.6 Å². The maximum Gasteiger partial charge on any atom is 0.0406 e. The van der Waals surface area contributed by atoms with Crippen molar-refractivity contribution in [1.82, 2.24) is 10.2 Å². The largest absolute Gasteiger partial charge is 0.316 e. The third-order valence-corrected chi connectivity index (χ3v) is 6.23. The van der Waals surface area contributed by atoms with Gasteiger partial charge in [-0.1, -0.05) is 23.7 Å². The maximum atomic E-state index is 6.07.